The van der Waals surface area contributed by atoms with Crippen LogP contribution in [0.2, 0.25) is 0 Å². The van der Waals surface area contributed by atoms with Crippen LogP contribution in [0.1, 0.15) is 32.6 Å². The van der Waals surface area contributed by atoms with Crippen LogP contribution in [0.25, 0.3) is 0 Å². The molecule has 0 saturated carbocycles. The average molecular weight is 249 g/mol. The quantitative estimate of drug-likeness (QED) is 0.345. The number of unbranched alkanes of at least 4 members (excludes halogenated alkanes) is 3. The first-order valence-electron chi connectivity index (χ1n) is 5.31. The Kier molecular flexibility index (Phi) is 7.30. The van der Waals surface area contributed by atoms with Gasteiger partial charge in [0.2, 0.25) is 5.91 Å². The monoisotopic (exact) mass is 249 g/mol. The standard InChI is InChI=1S/C10H20NO4P/c1-9(2)10(12)11-7-5-3-4-6-8-16(13,14)15/h1,3-8H2,2H3,(H,11,12)(H2,13,14,15). The zero-order chi connectivity index (χ0) is 12.6. The molecule has 94 valence electrons. The van der Waals surface area contributed by atoms with Gasteiger partial charge < -0.3 is 15.1 Å². The van der Waals surface area contributed by atoms with Crippen molar-refractivity contribution >= 4 is 13.5 Å². The molecule has 0 aliphatic carbocycles. The van der Waals surface area contributed by atoms with Crippen LogP contribution in [0.15, 0.2) is 12.2 Å². The fraction of sp³-hybridized carbons (Fsp3) is 0.700. The highest BCUT2D eigenvalue weighted by Crippen LogP contribution is 2.35. The van der Waals surface area contributed by atoms with E-state index < -0.39 is 7.60 Å². The van der Waals surface area contributed by atoms with E-state index in [1.165, 1.54) is 0 Å². The summed E-state index contributed by atoms with van der Waals surface area (Å²) in [5.41, 5.74) is 0.487. The van der Waals surface area contributed by atoms with E-state index >= 15 is 0 Å². The van der Waals surface area contributed by atoms with Gasteiger partial charge in [0.1, 0.15) is 0 Å². The van der Waals surface area contributed by atoms with E-state index in [4.69, 9.17) is 9.79 Å². The van der Waals surface area contributed by atoms with E-state index in [9.17, 15) is 9.36 Å². The lowest BCUT2D eigenvalue weighted by Gasteiger charge is -2.05. The lowest BCUT2D eigenvalue weighted by atomic mass is 10.2. The van der Waals surface area contributed by atoms with Crippen molar-refractivity contribution in [2.75, 3.05) is 12.7 Å². The molecule has 0 radical (unpaired) electrons. The van der Waals surface area contributed by atoms with Crippen molar-refractivity contribution in [3.8, 4) is 0 Å². The smallest absolute Gasteiger partial charge is 0.325 e. The Morgan fingerprint density at radius 1 is 1.25 bits per heavy atom. The van der Waals surface area contributed by atoms with Gasteiger partial charge in [-0.2, -0.15) is 0 Å². The molecule has 3 N–H and O–H groups in total. The summed E-state index contributed by atoms with van der Waals surface area (Å²) in [5.74, 6) is -0.143. The van der Waals surface area contributed by atoms with E-state index in [1.807, 2.05) is 0 Å². The minimum absolute atomic E-state index is 0.0505. The van der Waals surface area contributed by atoms with Gasteiger partial charge >= 0.3 is 7.60 Å². The number of nitrogens with one attached hydrogen (secondary N) is 1. The maximum Gasteiger partial charge on any atom is 0.325 e. The second-order valence-electron chi connectivity index (χ2n) is 3.84. The normalized spacial score (nSPS) is 11.2. The summed E-state index contributed by atoms with van der Waals surface area (Å²) < 4.78 is 10.5. The highest BCUT2D eigenvalue weighted by molar-refractivity contribution is 7.51. The summed E-state index contributed by atoms with van der Waals surface area (Å²) in [4.78, 5) is 28.2. The van der Waals surface area contributed by atoms with Gasteiger partial charge in [-0.15, -0.1) is 0 Å². The molecule has 0 heterocycles. The third kappa shape index (κ3) is 9.90. The SMILES string of the molecule is C=C(C)C(=O)NCCCCCCP(=O)(O)O. The zero-order valence-electron chi connectivity index (χ0n) is 9.61. The molecule has 0 aliphatic heterocycles. The second kappa shape index (κ2) is 7.60. The van der Waals surface area contributed by atoms with E-state index in [0.717, 1.165) is 19.3 Å². The Bertz CT molecular complexity index is 285. The summed E-state index contributed by atoms with van der Waals surface area (Å²) in [5, 5.41) is 2.70. The lowest BCUT2D eigenvalue weighted by Crippen LogP contribution is -2.24. The van der Waals surface area contributed by atoms with Crippen molar-refractivity contribution in [2.24, 2.45) is 0 Å². The third-order valence-electron chi connectivity index (χ3n) is 2.05. The fourth-order valence-corrected chi connectivity index (χ4v) is 1.78. The number of hydrogen-bond donors (Lipinski definition) is 3. The summed E-state index contributed by atoms with van der Waals surface area (Å²) in [6.07, 6.45) is 2.93. The van der Waals surface area contributed by atoms with Gasteiger partial charge in [-0.05, 0) is 19.8 Å². The lowest BCUT2D eigenvalue weighted by molar-refractivity contribution is -0.117. The maximum absolute atomic E-state index is 11.0. The Hall–Kier alpha value is -0.640. The maximum atomic E-state index is 11.0. The van der Waals surface area contributed by atoms with Crippen molar-refractivity contribution in [1.29, 1.82) is 0 Å². The van der Waals surface area contributed by atoms with E-state index in [1.54, 1.807) is 6.92 Å². The van der Waals surface area contributed by atoms with Gasteiger partial charge in [-0.1, -0.05) is 19.4 Å². The number of carbonyl (C=O) groups excluding carboxylic acids is 1. The molecular weight excluding hydrogens is 229 g/mol. The molecule has 0 atom stereocenters. The van der Waals surface area contributed by atoms with Crippen molar-refractivity contribution in [1.82, 2.24) is 5.32 Å². The molecule has 6 heteroatoms. The molecule has 0 unspecified atom stereocenters. The van der Waals surface area contributed by atoms with Crippen molar-refractivity contribution in [2.45, 2.75) is 32.6 Å². The van der Waals surface area contributed by atoms with Crippen LogP contribution in [0, 0.1) is 0 Å². The molecule has 0 rings (SSSR count). The molecule has 0 spiro atoms. The summed E-state index contributed by atoms with van der Waals surface area (Å²) in [7, 11) is -3.83. The number of hydrogen-bond acceptors (Lipinski definition) is 2. The van der Waals surface area contributed by atoms with Crippen LogP contribution in [-0.2, 0) is 9.36 Å². The molecule has 0 bridgehead atoms. The molecule has 0 aromatic heterocycles. The predicted molar refractivity (Wildman–Crippen MR) is 63.2 cm³/mol. The Balaban J connectivity index is 3.32. The van der Waals surface area contributed by atoms with Crippen molar-refractivity contribution < 1.29 is 19.1 Å². The van der Waals surface area contributed by atoms with Crippen LogP contribution in [0.4, 0.5) is 0 Å². The van der Waals surface area contributed by atoms with E-state index in [0.29, 0.717) is 18.5 Å². The summed E-state index contributed by atoms with van der Waals surface area (Å²) in [6.45, 7) is 5.74. The van der Waals surface area contributed by atoms with Gasteiger partial charge in [0.05, 0.1) is 0 Å². The Morgan fingerprint density at radius 2 is 1.81 bits per heavy atom. The molecule has 0 aromatic carbocycles. The third-order valence-corrected chi connectivity index (χ3v) is 2.95. The molecule has 0 aromatic rings. The molecule has 0 aliphatic rings. The predicted octanol–water partition coefficient (Wildman–Crippen LogP) is 1.42. The van der Waals surface area contributed by atoms with E-state index in [2.05, 4.69) is 11.9 Å². The van der Waals surface area contributed by atoms with Gasteiger partial charge in [0.15, 0.2) is 0 Å². The first kappa shape index (κ1) is 15.4. The number of amides is 1. The van der Waals surface area contributed by atoms with Crippen molar-refractivity contribution in [3.05, 3.63) is 12.2 Å². The summed E-state index contributed by atoms with van der Waals surface area (Å²) in [6, 6.07) is 0. The molecule has 16 heavy (non-hydrogen) atoms. The average Bonchev–Trinajstić information content (AvgIpc) is 2.14. The first-order chi connectivity index (χ1) is 7.33. The highest BCUT2D eigenvalue weighted by atomic mass is 31.2. The molecule has 1 amide bonds. The minimum Gasteiger partial charge on any atom is -0.352 e. The Morgan fingerprint density at radius 3 is 2.31 bits per heavy atom. The van der Waals surface area contributed by atoms with Gasteiger partial charge in [0, 0.05) is 18.3 Å². The largest absolute Gasteiger partial charge is 0.352 e. The molecular formula is C10H20NO4P. The summed E-state index contributed by atoms with van der Waals surface area (Å²) >= 11 is 0. The van der Waals surface area contributed by atoms with Gasteiger partial charge in [-0.25, -0.2) is 0 Å². The molecule has 5 nitrogen and oxygen atoms in total. The first-order valence-corrected chi connectivity index (χ1v) is 7.11. The van der Waals surface area contributed by atoms with Crippen LogP contribution in [0.3, 0.4) is 0 Å². The fourth-order valence-electron chi connectivity index (χ4n) is 1.15. The van der Waals surface area contributed by atoms with Crippen molar-refractivity contribution in [3.63, 3.8) is 0 Å². The van der Waals surface area contributed by atoms with Crippen LogP contribution in [-0.4, -0.2) is 28.4 Å². The van der Waals surface area contributed by atoms with Gasteiger partial charge in [-0.3, -0.25) is 9.36 Å². The number of carbonyl (C=O) groups is 1. The second-order valence-corrected chi connectivity index (χ2v) is 5.62. The molecule has 0 saturated heterocycles. The molecule has 0 fully saturated rings. The minimum atomic E-state index is -3.83. The van der Waals surface area contributed by atoms with E-state index in [-0.39, 0.29) is 12.1 Å². The van der Waals surface area contributed by atoms with Crippen LogP contribution < -0.4 is 5.32 Å². The number of rotatable bonds is 8. The van der Waals surface area contributed by atoms with Crippen LogP contribution in [0.5, 0.6) is 0 Å². The Labute approximate surface area is 96.1 Å². The van der Waals surface area contributed by atoms with Gasteiger partial charge in [0.25, 0.3) is 0 Å². The zero-order valence-corrected chi connectivity index (χ0v) is 10.5. The highest BCUT2D eigenvalue weighted by Gasteiger charge is 2.10. The topological polar surface area (TPSA) is 86.6 Å². The van der Waals surface area contributed by atoms with Crippen LogP contribution >= 0.6 is 7.60 Å².